The Morgan fingerprint density at radius 2 is 1.63 bits per heavy atom. The van der Waals surface area contributed by atoms with Crippen LogP contribution in [0.2, 0.25) is 0 Å². The molecule has 0 aliphatic rings. The molecule has 2 atom stereocenters. The molecule has 2 aromatic heterocycles. The monoisotopic (exact) mass is 400 g/mol. The van der Waals surface area contributed by atoms with E-state index in [0.29, 0.717) is 5.69 Å². The summed E-state index contributed by atoms with van der Waals surface area (Å²) in [5.74, 6) is -0.620. The van der Waals surface area contributed by atoms with E-state index in [1.165, 1.54) is 0 Å². The molecule has 6 nitrogen and oxygen atoms in total. The predicted octanol–water partition coefficient (Wildman–Crippen LogP) is 4.02. The first-order valence-electron chi connectivity index (χ1n) is 9.98. The minimum Gasteiger partial charge on any atom is -0.353 e. The molecule has 0 saturated carbocycles. The molecule has 0 fully saturated rings. The summed E-state index contributed by atoms with van der Waals surface area (Å²) in [6, 6.07) is 18.6. The quantitative estimate of drug-likeness (QED) is 0.473. The van der Waals surface area contributed by atoms with Crippen LogP contribution in [0.1, 0.15) is 41.6 Å². The van der Waals surface area contributed by atoms with Crippen LogP contribution >= 0.6 is 0 Å². The molecule has 2 amide bonds. The second-order valence-electron chi connectivity index (χ2n) is 7.52. The SMILES string of the molecule is Cc1nc(C(=O)N[C@@H](C)C(=O)NC(C)c2ccccc2)cc2c1[nH]c1ccccc12. The van der Waals surface area contributed by atoms with Gasteiger partial charge in [0.15, 0.2) is 0 Å². The van der Waals surface area contributed by atoms with Crippen LogP contribution in [0.25, 0.3) is 21.8 Å². The van der Waals surface area contributed by atoms with E-state index in [4.69, 9.17) is 0 Å². The largest absolute Gasteiger partial charge is 0.353 e. The van der Waals surface area contributed by atoms with Crippen molar-refractivity contribution >= 4 is 33.6 Å². The van der Waals surface area contributed by atoms with Gasteiger partial charge >= 0.3 is 0 Å². The molecule has 0 bridgehead atoms. The summed E-state index contributed by atoms with van der Waals surface area (Å²) in [6.45, 7) is 5.45. The Hall–Kier alpha value is -3.67. The van der Waals surface area contributed by atoms with Gasteiger partial charge in [-0.1, -0.05) is 48.5 Å². The van der Waals surface area contributed by atoms with Gasteiger partial charge in [0.25, 0.3) is 5.91 Å². The molecule has 6 heteroatoms. The van der Waals surface area contributed by atoms with E-state index < -0.39 is 6.04 Å². The summed E-state index contributed by atoms with van der Waals surface area (Å²) in [7, 11) is 0. The second kappa shape index (κ2) is 7.99. The van der Waals surface area contributed by atoms with E-state index in [1.54, 1.807) is 13.0 Å². The average molecular weight is 400 g/mol. The number of hydrogen-bond acceptors (Lipinski definition) is 3. The Morgan fingerprint density at radius 1 is 0.933 bits per heavy atom. The topological polar surface area (TPSA) is 86.9 Å². The lowest BCUT2D eigenvalue weighted by Gasteiger charge is -2.19. The van der Waals surface area contributed by atoms with Gasteiger partial charge in [0.1, 0.15) is 11.7 Å². The second-order valence-corrected chi connectivity index (χ2v) is 7.52. The highest BCUT2D eigenvalue weighted by molar-refractivity contribution is 6.10. The molecule has 2 heterocycles. The maximum absolute atomic E-state index is 12.8. The molecule has 30 heavy (non-hydrogen) atoms. The van der Waals surface area contributed by atoms with Gasteiger partial charge in [-0.3, -0.25) is 9.59 Å². The fraction of sp³-hybridized carbons (Fsp3) is 0.208. The Morgan fingerprint density at radius 3 is 2.40 bits per heavy atom. The van der Waals surface area contributed by atoms with Gasteiger partial charge in [-0.05, 0) is 38.5 Å². The molecule has 0 radical (unpaired) electrons. The van der Waals surface area contributed by atoms with Gasteiger partial charge < -0.3 is 15.6 Å². The number of rotatable bonds is 5. The van der Waals surface area contributed by atoms with Gasteiger partial charge in [0.2, 0.25) is 5.91 Å². The maximum atomic E-state index is 12.8. The van der Waals surface area contributed by atoms with E-state index in [0.717, 1.165) is 33.1 Å². The molecule has 3 N–H and O–H groups in total. The highest BCUT2D eigenvalue weighted by atomic mass is 16.2. The number of para-hydroxylation sites is 1. The Bertz CT molecular complexity index is 1230. The first kappa shape index (κ1) is 19.6. The molecule has 4 aromatic rings. The standard InChI is InChI=1S/C24H24N4O2/c1-14(17-9-5-4-6-10-17)26-23(29)16(3)27-24(30)21-13-19-18-11-7-8-12-20(18)28-22(19)15(2)25-21/h4-14,16,28H,1-3H3,(H,26,29)(H,27,30)/t14?,16-/m0/s1. The van der Waals surface area contributed by atoms with E-state index in [9.17, 15) is 9.59 Å². The van der Waals surface area contributed by atoms with Crippen molar-refractivity contribution in [1.82, 2.24) is 20.6 Å². The van der Waals surface area contributed by atoms with E-state index in [2.05, 4.69) is 20.6 Å². The summed E-state index contributed by atoms with van der Waals surface area (Å²) in [6.07, 6.45) is 0. The first-order chi connectivity index (χ1) is 14.4. The summed E-state index contributed by atoms with van der Waals surface area (Å²) in [5, 5.41) is 7.68. The molecule has 2 aromatic carbocycles. The summed E-state index contributed by atoms with van der Waals surface area (Å²) in [5.41, 5.74) is 3.95. The van der Waals surface area contributed by atoms with E-state index in [-0.39, 0.29) is 17.9 Å². The number of fused-ring (bicyclic) bond motifs is 3. The highest BCUT2D eigenvalue weighted by Gasteiger charge is 2.20. The van der Waals surface area contributed by atoms with Crippen LogP contribution in [0.4, 0.5) is 0 Å². The van der Waals surface area contributed by atoms with Gasteiger partial charge in [-0.2, -0.15) is 0 Å². The molecule has 4 rings (SSSR count). The zero-order valence-corrected chi connectivity index (χ0v) is 17.2. The zero-order valence-electron chi connectivity index (χ0n) is 17.2. The van der Waals surface area contributed by atoms with Crippen molar-refractivity contribution in [1.29, 1.82) is 0 Å². The van der Waals surface area contributed by atoms with Crippen LogP contribution in [-0.2, 0) is 4.79 Å². The molecule has 0 aliphatic heterocycles. The number of aryl methyl sites for hydroxylation is 1. The maximum Gasteiger partial charge on any atom is 0.270 e. The molecule has 1 unspecified atom stereocenters. The lowest BCUT2D eigenvalue weighted by molar-refractivity contribution is -0.123. The predicted molar refractivity (Wildman–Crippen MR) is 118 cm³/mol. The molecule has 0 aliphatic carbocycles. The average Bonchev–Trinajstić information content (AvgIpc) is 3.13. The number of hydrogen-bond donors (Lipinski definition) is 3. The molecular formula is C24H24N4O2. The van der Waals surface area contributed by atoms with Crippen LogP contribution < -0.4 is 10.6 Å². The number of aromatic nitrogens is 2. The van der Waals surface area contributed by atoms with Gasteiger partial charge in [-0.25, -0.2) is 4.98 Å². The van der Waals surface area contributed by atoms with Gasteiger partial charge in [0, 0.05) is 16.3 Å². The first-order valence-corrected chi connectivity index (χ1v) is 9.98. The number of nitrogens with zero attached hydrogens (tertiary/aromatic N) is 1. The van der Waals surface area contributed by atoms with E-state index >= 15 is 0 Å². The Labute approximate surface area is 174 Å². The smallest absolute Gasteiger partial charge is 0.270 e. The van der Waals surface area contributed by atoms with Crippen LogP contribution in [0.15, 0.2) is 60.7 Å². The summed E-state index contributed by atoms with van der Waals surface area (Å²) < 4.78 is 0. The number of amides is 2. The highest BCUT2D eigenvalue weighted by Crippen LogP contribution is 2.27. The lowest BCUT2D eigenvalue weighted by Crippen LogP contribution is -2.45. The van der Waals surface area contributed by atoms with Gasteiger partial charge in [0.05, 0.1) is 17.3 Å². The van der Waals surface area contributed by atoms with Crippen molar-refractivity contribution in [3.63, 3.8) is 0 Å². The molecular weight excluding hydrogens is 376 g/mol. The number of carbonyl (C=O) groups is 2. The van der Waals surface area contributed by atoms with Gasteiger partial charge in [-0.15, -0.1) is 0 Å². The van der Waals surface area contributed by atoms with Crippen LogP contribution in [0.5, 0.6) is 0 Å². The number of H-pyrrole nitrogens is 1. The molecule has 0 saturated heterocycles. The minimum atomic E-state index is -0.690. The molecule has 152 valence electrons. The number of benzene rings is 2. The Kier molecular flexibility index (Phi) is 5.23. The number of nitrogens with one attached hydrogen (secondary N) is 3. The summed E-state index contributed by atoms with van der Waals surface area (Å²) >= 11 is 0. The van der Waals surface area contributed by atoms with Crippen LogP contribution in [0, 0.1) is 6.92 Å². The van der Waals surface area contributed by atoms with Crippen molar-refractivity contribution < 1.29 is 9.59 Å². The number of pyridine rings is 1. The number of carbonyl (C=O) groups excluding carboxylic acids is 2. The van der Waals surface area contributed by atoms with Crippen molar-refractivity contribution in [3.8, 4) is 0 Å². The normalized spacial score (nSPS) is 13.2. The van der Waals surface area contributed by atoms with Crippen molar-refractivity contribution in [2.75, 3.05) is 0 Å². The third-order valence-electron chi connectivity index (χ3n) is 5.31. The molecule has 0 spiro atoms. The minimum absolute atomic E-state index is 0.152. The third kappa shape index (κ3) is 3.76. The fourth-order valence-electron chi connectivity index (χ4n) is 3.62. The van der Waals surface area contributed by atoms with Crippen molar-refractivity contribution in [2.45, 2.75) is 32.9 Å². The van der Waals surface area contributed by atoms with Crippen LogP contribution in [-0.4, -0.2) is 27.8 Å². The van der Waals surface area contributed by atoms with Crippen molar-refractivity contribution in [3.05, 3.63) is 77.6 Å². The number of aromatic amines is 1. The fourth-order valence-corrected chi connectivity index (χ4v) is 3.62. The van der Waals surface area contributed by atoms with Crippen LogP contribution in [0.3, 0.4) is 0 Å². The van der Waals surface area contributed by atoms with Crippen molar-refractivity contribution in [2.24, 2.45) is 0 Å². The summed E-state index contributed by atoms with van der Waals surface area (Å²) in [4.78, 5) is 33.2. The lowest BCUT2D eigenvalue weighted by atomic mass is 10.1. The third-order valence-corrected chi connectivity index (χ3v) is 5.31. The zero-order chi connectivity index (χ0) is 21.3. The Balaban J connectivity index is 1.51. The van der Waals surface area contributed by atoms with E-state index in [1.807, 2.05) is 68.4 Å².